The summed E-state index contributed by atoms with van der Waals surface area (Å²) in [5.41, 5.74) is 0. The number of hydrogen-bond acceptors (Lipinski definition) is 0. The van der Waals surface area contributed by atoms with Gasteiger partial charge in [-0.15, -0.1) is 0 Å². The van der Waals surface area contributed by atoms with Gasteiger partial charge in [0.15, 0.2) is 0 Å². The molecule has 0 N–H and O–H groups in total. The molecule has 0 bridgehead atoms. The minimum atomic E-state index is 0. The Labute approximate surface area is 72.3 Å². The molecule has 0 atom stereocenters. The van der Waals surface area contributed by atoms with Crippen molar-refractivity contribution in [3.8, 4) is 0 Å². The van der Waals surface area contributed by atoms with Crippen LogP contribution in [0, 0.1) is 0 Å². The first-order valence-electron chi connectivity index (χ1n) is 0.630. The van der Waals surface area contributed by atoms with Gasteiger partial charge < -0.3 is 0 Å². The second-order valence-electron chi connectivity index (χ2n) is 0.183. The van der Waals surface area contributed by atoms with E-state index in [2.05, 4.69) is 17.4 Å². The topological polar surface area (TPSA) is 0 Å². The summed E-state index contributed by atoms with van der Waals surface area (Å²) in [6.07, 6.45) is 0. The molecule has 5 heteroatoms. The van der Waals surface area contributed by atoms with E-state index >= 15 is 0 Å². The fourth-order valence-electron chi connectivity index (χ4n) is 0. The average molecular weight is 286 g/mol. The van der Waals surface area contributed by atoms with Gasteiger partial charge >= 0.3 is 38.9 Å². The molecule has 0 amide bonds. The van der Waals surface area contributed by atoms with Crippen LogP contribution in [-0.4, -0.2) is 8.62 Å². The fourth-order valence-corrected chi connectivity index (χ4v) is 0. The van der Waals surface area contributed by atoms with Gasteiger partial charge in [0.2, 0.25) is 0 Å². The molecular formula is H3CrFeMoSiV. The van der Waals surface area contributed by atoms with Crippen LogP contribution in [0.2, 0.25) is 0 Å². The van der Waals surface area contributed by atoms with Crippen molar-refractivity contribution in [1.82, 2.24) is 0 Å². The van der Waals surface area contributed by atoms with E-state index in [1.807, 2.05) is 0 Å². The van der Waals surface area contributed by atoms with Crippen molar-refractivity contribution in [3.63, 3.8) is 0 Å². The van der Waals surface area contributed by atoms with Gasteiger partial charge in [-0.05, 0) is 0 Å². The van der Waals surface area contributed by atoms with E-state index in [1.165, 1.54) is 8.62 Å². The van der Waals surface area contributed by atoms with Crippen LogP contribution in [0.15, 0.2) is 0 Å². The van der Waals surface area contributed by atoms with Crippen LogP contribution in [0.4, 0.5) is 0 Å². The van der Waals surface area contributed by atoms with Crippen LogP contribution in [0.5, 0.6) is 0 Å². The van der Waals surface area contributed by atoms with E-state index < -0.39 is 0 Å². The SMILES string of the molecule is [Cr].[Fe].[SiH3][V][Mo]. The third kappa shape index (κ3) is 20.9. The van der Waals surface area contributed by atoms with Crippen molar-refractivity contribution in [2.45, 2.75) is 0 Å². The Bertz CT molecular complexity index is 11.6. The molecule has 0 heterocycles. The third-order valence-electron chi connectivity index (χ3n) is 0. The van der Waals surface area contributed by atoms with Gasteiger partial charge in [-0.2, -0.15) is 0 Å². The molecule has 0 nitrogen and oxygen atoms in total. The van der Waals surface area contributed by atoms with E-state index in [9.17, 15) is 0 Å². The van der Waals surface area contributed by atoms with Crippen molar-refractivity contribution in [2.24, 2.45) is 0 Å². The molecule has 0 aromatic carbocycles. The zero-order valence-corrected chi connectivity index (χ0v) is 10.4. The molecule has 0 aliphatic rings. The molecule has 0 fully saturated rings. The van der Waals surface area contributed by atoms with Crippen LogP contribution >= 0.6 is 0 Å². The van der Waals surface area contributed by atoms with Crippen LogP contribution in [0.25, 0.3) is 0 Å². The molecule has 0 aliphatic heterocycles. The zero-order valence-electron chi connectivity index (χ0n) is 2.62. The quantitative estimate of drug-likeness (QED) is 0.491. The Morgan fingerprint density at radius 1 is 1.60 bits per heavy atom. The fraction of sp³-hybridized carbons (Fsp3) is 0. The molecule has 0 unspecified atom stereocenters. The van der Waals surface area contributed by atoms with Crippen LogP contribution in [0.3, 0.4) is 0 Å². The molecule has 0 saturated heterocycles. The molecule has 0 spiro atoms. The summed E-state index contributed by atoms with van der Waals surface area (Å²) < 4.78 is 0. The van der Waals surface area contributed by atoms with Crippen molar-refractivity contribution in [2.75, 3.05) is 0 Å². The van der Waals surface area contributed by atoms with E-state index in [-0.39, 0.29) is 34.4 Å². The summed E-state index contributed by atoms with van der Waals surface area (Å²) in [4.78, 5) is 0. The molecule has 0 aromatic rings. The van der Waals surface area contributed by atoms with Crippen LogP contribution < -0.4 is 0 Å². The van der Waals surface area contributed by atoms with Crippen molar-refractivity contribution in [3.05, 3.63) is 0 Å². The molecular weight excluding hydrogens is 283 g/mol. The molecule has 0 aliphatic carbocycles. The van der Waals surface area contributed by atoms with Gasteiger partial charge in [-0.1, -0.05) is 0 Å². The Hall–Kier alpha value is 2.54. The molecule has 0 aromatic heterocycles. The Kier molecular flexibility index (Phi) is 50.1. The molecule has 32 valence electrons. The van der Waals surface area contributed by atoms with Crippen LogP contribution in [0.1, 0.15) is 0 Å². The molecule has 0 radical (unpaired) electrons. The van der Waals surface area contributed by atoms with Gasteiger partial charge in [-0.3, -0.25) is 0 Å². The molecule has 0 saturated carbocycles. The van der Waals surface area contributed by atoms with E-state index in [1.54, 1.807) is 0 Å². The zero-order chi connectivity index (χ0) is 2.71. The number of hydrogen-bond donors (Lipinski definition) is 0. The van der Waals surface area contributed by atoms with Gasteiger partial charge in [-0.25, -0.2) is 0 Å². The van der Waals surface area contributed by atoms with Crippen molar-refractivity contribution < 1.29 is 64.7 Å². The monoisotopic (exact) mass is 288 g/mol. The van der Waals surface area contributed by atoms with Gasteiger partial charge in [0.25, 0.3) is 0 Å². The second-order valence-corrected chi connectivity index (χ2v) is 13.4. The summed E-state index contributed by atoms with van der Waals surface area (Å²) in [5.74, 6) is 0. The van der Waals surface area contributed by atoms with Crippen molar-refractivity contribution >= 4 is 8.62 Å². The van der Waals surface area contributed by atoms with E-state index in [0.29, 0.717) is 0 Å². The summed E-state index contributed by atoms with van der Waals surface area (Å²) in [6.45, 7) is 0. The second kappa shape index (κ2) is 16.0. The van der Waals surface area contributed by atoms with Gasteiger partial charge in [0, 0.05) is 34.4 Å². The van der Waals surface area contributed by atoms with Crippen LogP contribution in [-0.2, 0) is 64.7 Å². The average Bonchev–Trinajstić information content (AvgIpc) is 0.918. The predicted molar refractivity (Wildman–Crippen MR) is 9.94 cm³/mol. The van der Waals surface area contributed by atoms with Gasteiger partial charge in [0.1, 0.15) is 0 Å². The van der Waals surface area contributed by atoms with Gasteiger partial charge in [0.05, 0.1) is 0 Å². The summed E-state index contributed by atoms with van der Waals surface area (Å²) in [7, 11) is 1.47. The first kappa shape index (κ1) is 15.6. The Morgan fingerprint density at radius 3 is 1.60 bits per heavy atom. The third-order valence-corrected chi connectivity index (χ3v) is 0. The number of rotatable bonds is 0. The first-order valence-corrected chi connectivity index (χ1v) is 9.99. The standard InChI is InChI=1S/Cr.Fe.Mo.H3Si.V/h;;;1H3;. The van der Waals surface area contributed by atoms with E-state index in [0.717, 1.165) is 12.8 Å². The summed E-state index contributed by atoms with van der Waals surface area (Å²) in [6, 6.07) is 0. The molecule has 0 rings (SSSR count). The molecule has 5 heavy (non-hydrogen) atoms. The Balaban J connectivity index is -0.0000000200. The normalized spacial score (nSPS) is 3.20. The van der Waals surface area contributed by atoms with Crippen molar-refractivity contribution in [1.29, 1.82) is 0 Å². The Morgan fingerprint density at radius 2 is 1.60 bits per heavy atom. The summed E-state index contributed by atoms with van der Waals surface area (Å²) >= 11 is 3.06. The van der Waals surface area contributed by atoms with E-state index in [4.69, 9.17) is 0 Å². The maximum absolute atomic E-state index is 2.23. The summed E-state index contributed by atoms with van der Waals surface area (Å²) in [5, 5.41) is 0. The predicted octanol–water partition coefficient (Wildman–Crippen LogP) is -1.19. The minimum absolute atomic E-state index is 0. The maximum atomic E-state index is 2.23. The first-order chi connectivity index (χ1) is 1.41.